The van der Waals surface area contributed by atoms with Crippen LogP contribution in [-0.4, -0.2) is 44.3 Å². The van der Waals surface area contributed by atoms with E-state index in [1.165, 1.54) is 18.3 Å². The second-order valence-electron chi connectivity index (χ2n) is 7.90. The topological polar surface area (TPSA) is 69.0 Å². The molecule has 1 amide bonds. The lowest BCUT2D eigenvalue weighted by Gasteiger charge is -2.24. The van der Waals surface area contributed by atoms with E-state index in [0.717, 1.165) is 35.4 Å². The van der Waals surface area contributed by atoms with Gasteiger partial charge in [0.25, 0.3) is 5.91 Å². The standard InChI is InChI=1S/C22H24F2N4O2S/c1-3-5-18-17-10-14(20(29)26-22(2)8-9-31-13-22)12-25-19(17)28(27-18)15-6-4-7-16(11-15)30-21(23)24/h4,6-7,10-12,21H,3,5,8-9,13H2,1-2H3,(H,26,29). The molecule has 0 spiro atoms. The number of nitrogens with one attached hydrogen (secondary N) is 1. The third-order valence-corrected chi connectivity index (χ3v) is 6.60. The van der Waals surface area contributed by atoms with E-state index >= 15 is 0 Å². The number of carbonyl (C=O) groups is 1. The summed E-state index contributed by atoms with van der Waals surface area (Å²) in [6.45, 7) is 1.20. The number of aromatic nitrogens is 3. The molecule has 1 aliphatic heterocycles. The van der Waals surface area contributed by atoms with E-state index in [4.69, 9.17) is 0 Å². The van der Waals surface area contributed by atoms with E-state index in [0.29, 0.717) is 23.3 Å². The number of alkyl halides is 2. The fourth-order valence-corrected chi connectivity index (χ4v) is 5.10. The van der Waals surface area contributed by atoms with Gasteiger partial charge >= 0.3 is 6.61 Å². The fraction of sp³-hybridized carbons (Fsp3) is 0.409. The highest BCUT2D eigenvalue weighted by molar-refractivity contribution is 7.99. The van der Waals surface area contributed by atoms with Crippen LogP contribution in [0.25, 0.3) is 16.7 Å². The molecular weight excluding hydrogens is 422 g/mol. The Morgan fingerprint density at radius 3 is 2.94 bits per heavy atom. The maximum Gasteiger partial charge on any atom is 0.387 e. The van der Waals surface area contributed by atoms with Crippen molar-refractivity contribution in [3.8, 4) is 11.4 Å². The molecule has 9 heteroatoms. The maximum atomic E-state index is 12.9. The molecule has 0 bridgehead atoms. The first-order valence-corrected chi connectivity index (χ1v) is 11.4. The minimum absolute atomic E-state index is 0.0480. The van der Waals surface area contributed by atoms with Crippen molar-refractivity contribution < 1.29 is 18.3 Å². The Morgan fingerprint density at radius 2 is 2.23 bits per heavy atom. The van der Waals surface area contributed by atoms with Crippen LogP contribution < -0.4 is 10.1 Å². The number of nitrogens with zero attached hydrogens (tertiary/aromatic N) is 3. The Morgan fingerprint density at radius 1 is 1.39 bits per heavy atom. The van der Waals surface area contributed by atoms with Gasteiger partial charge in [-0.3, -0.25) is 4.79 Å². The molecule has 6 nitrogen and oxygen atoms in total. The van der Waals surface area contributed by atoms with E-state index in [1.807, 2.05) is 24.8 Å². The molecule has 2 aromatic heterocycles. The molecule has 0 aliphatic carbocycles. The summed E-state index contributed by atoms with van der Waals surface area (Å²) in [5, 5.41) is 8.58. The summed E-state index contributed by atoms with van der Waals surface area (Å²) < 4.78 is 31.3. The van der Waals surface area contributed by atoms with Crippen molar-refractivity contribution in [3.05, 3.63) is 47.8 Å². The number of hydrogen-bond donors (Lipinski definition) is 1. The van der Waals surface area contributed by atoms with Crippen molar-refractivity contribution in [2.45, 2.75) is 45.3 Å². The lowest BCUT2D eigenvalue weighted by atomic mass is 10.0. The van der Waals surface area contributed by atoms with E-state index in [-0.39, 0.29) is 17.2 Å². The Kier molecular flexibility index (Phi) is 6.13. The number of pyridine rings is 1. The molecule has 1 N–H and O–H groups in total. The first-order chi connectivity index (χ1) is 14.9. The molecule has 1 fully saturated rings. The molecule has 1 atom stereocenters. The molecule has 3 heterocycles. The maximum absolute atomic E-state index is 12.9. The number of halogens is 2. The average Bonchev–Trinajstić information content (AvgIpc) is 3.31. The Balaban J connectivity index is 1.71. The summed E-state index contributed by atoms with van der Waals surface area (Å²) in [6.07, 6.45) is 4.05. The predicted octanol–water partition coefficient (Wildman–Crippen LogP) is 4.60. The summed E-state index contributed by atoms with van der Waals surface area (Å²) >= 11 is 1.83. The molecule has 1 aliphatic rings. The lowest BCUT2D eigenvalue weighted by Crippen LogP contribution is -2.46. The van der Waals surface area contributed by atoms with Gasteiger partial charge in [-0.15, -0.1) is 0 Å². The highest BCUT2D eigenvalue weighted by Crippen LogP contribution is 2.29. The van der Waals surface area contributed by atoms with Crippen molar-refractivity contribution in [1.82, 2.24) is 20.1 Å². The first-order valence-electron chi connectivity index (χ1n) is 10.2. The van der Waals surface area contributed by atoms with Crippen molar-refractivity contribution in [1.29, 1.82) is 0 Å². The summed E-state index contributed by atoms with van der Waals surface area (Å²) in [7, 11) is 0. The van der Waals surface area contributed by atoms with Gasteiger partial charge in [-0.2, -0.15) is 25.6 Å². The van der Waals surface area contributed by atoms with Crippen molar-refractivity contribution in [2.75, 3.05) is 11.5 Å². The Hall–Kier alpha value is -2.68. The fourth-order valence-electron chi connectivity index (χ4n) is 3.69. The van der Waals surface area contributed by atoms with Crippen molar-refractivity contribution >= 4 is 28.7 Å². The third kappa shape index (κ3) is 4.66. The van der Waals surface area contributed by atoms with Crippen molar-refractivity contribution in [2.24, 2.45) is 0 Å². The number of aryl methyl sites for hydroxylation is 1. The van der Waals surface area contributed by atoms with Gasteiger partial charge in [0, 0.05) is 28.9 Å². The first kappa shape index (κ1) is 21.5. The Labute approximate surface area is 183 Å². The quantitative estimate of drug-likeness (QED) is 0.575. The molecule has 0 saturated carbocycles. The number of thioether (sulfide) groups is 1. The van der Waals surface area contributed by atoms with Crippen LogP contribution in [0.1, 0.15) is 42.7 Å². The third-order valence-electron chi connectivity index (χ3n) is 5.27. The summed E-state index contributed by atoms with van der Waals surface area (Å²) in [5.74, 6) is 1.83. The second-order valence-corrected chi connectivity index (χ2v) is 9.00. The van der Waals surface area contributed by atoms with Crippen LogP contribution >= 0.6 is 11.8 Å². The van der Waals surface area contributed by atoms with Gasteiger partial charge in [0.2, 0.25) is 0 Å². The minimum atomic E-state index is -2.90. The van der Waals surface area contributed by atoms with Gasteiger partial charge < -0.3 is 10.1 Å². The van der Waals surface area contributed by atoms with Crippen LogP contribution in [0.5, 0.6) is 5.75 Å². The number of ether oxygens (including phenoxy) is 1. The second kappa shape index (κ2) is 8.82. The lowest BCUT2D eigenvalue weighted by molar-refractivity contribution is -0.0498. The van der Waals surface area contributed by atoms with E-state index in [1.54, 1.807) is 16.8 Å². The molecule has 164 valence electrons. The van der Waals surface area contributed by atoms with Crippen LogP contribution in [0.4, 0.5) is 8.78 Å². The molecular formula is C22H24F2N4O2S. The van der Waals surface area contributed by atoms with Gasteiger partial charge in [-0.1, -0.05) is 19.4 Å². The van der Waals surface area contributed by atoms with Gasteiger partial charge in [0.15, 0.2) is 5.65 Å². The van der Waals surface area contributed by atoms with E-state index in [9.17, 15) is 13.6 Å². The number of rotatable bonds is 7. The summed E-state index contributed by atoms with van der Waals surface area (Å²) in [6, 6.07) is 8.15. The highest BCUT2D eigenvalue weighted by Gasteiger charge is 2.31. The monoisotopic (exact) mass is 446 g/mol. The van der Waals surface area contributed by atoms with Crippen LogP contribution in [0.3, 0.4) is 0 Å². The summed E-state index contributed by atoms with van der Waals surface area (Å²) in [4.78, 5) is 17.4. The average molecular weight is 447 g/mol. The van der Waals surface area contributed by atoms with Gasteiger partial charge in [0.1, 0.15) is 5.75 Å². The molecule has 1 aromatic carbocycles. The minimum Gasteiger partial charge on any atom is -0.435 e. The normalized spacial score (nSPS) is 18.6. The number of benzene rings is 1. The largest absolute Gasteiger partial charge is 0.435 e. The summed E-state index contributed by atoms with van der Waals surface area (Å²) in [5.41, 5.74) is 2.21. The molecule has 0 radical (unpaired) electrons. The van der Waals surface area contributed by atoms with Crippen LogP contribution in [0, 0.1) is 0 Å². The zero-order chi connectivity index (χ0) is 22.0. The van der Waals surface area contributed by atoms with E-state index in [2.05, 4.69) is 27.1 Å². The van der Waals surface area contributed by atoms with Crippen LogP contribution in [0.15, 0.2) is 36.5 Å². The number of carbonyl (C=O) groups excluding carboxylic acids is 1. The number of fused-ring (bicyclic) bond motifs is 1. The van der Waals surface area contributed by atoms with Crippen molar-refractivity contribution in [3.63, 3.8) is 0 Å². The molecule has 4 rings (SSSR count). The zero-order valence-electron chi connectivity index (χ0n) is 17.4. The predicted molar refractivity (Wildman–Crippen MR) is 117 cm³/mol. The van der Waals surface area contributed by atoms with E-state index < -0.39 is 6.61 Å². The SMILES string of the molecule is CCCc1nn(-c2cccc(OC(F)F)c2)c2ncc(C(=O)NC3(C)CCSC3)cc12. The smallest absolute Gasteiger partial charge is 0.387 e. The Bertz CT molecular complexity index is 1100. The molecule has 1 unspecified atom stereocenters. The van der Waals surface area contributed by atoms with Crippen LogP contribution in [-0.2, 0) is 6.42 Å². The van der Waals surface area contributed by atoms with Gasteiger partial charge in [0.05, 0.1) is 16.9 Å². The van der Waals surface area contributed by atoms with Crippen LogP contribution in [0.2, 0.25) is 0 Å². The number of amides is 1. The highest BCUT2D eigenvalue weighted by atomic mass is 32.2. The molecule has 31 heavy (non-hydrogen) atoms. The number of hydrogen-bond acceptors (Lipinski definition) is 5. The zero-order valence-corrected chi connectivity index (χ0v) is 18.2. The van der Waals surface area contributed by atoms with Gasteiger partial charge in [-0.25, -0.2) is 9.67 Å². The molecule has 1 saturated heterocycles. The molecule has 3 aromatic rings. The van der Waals surface area contributed by atoms with Gasteiger partial charge in [-0.05, 0) is 43.7 Å².